The monoisotopic (exact) mass is 313 g/mol. The normalized spacial score (nSPS) is 11.6. The Kier molecular flexibility index (Phi) is 5.45. The quantitative estimate of drug-likeness (QED) is 0.619. The van der Waals surface area contributed by atoms with Crippen LogP contribution in [0.25, 0.3) is 0 Å². The van der Waals surface area contributed by atoms with Crippen molar-refractivity contribution in [2.75, 3.05) is 13.7 Å². The smallest absolute Gasteiger partial charge is 0.421 e. The van der Waals surface area contributed by atoms with Crippen LogP contribution in [0.2, 0.25) is 0 Å². The number of aromatic nitrogens is 1. The number of pyridine rings is 1. The van der Waals surface area contributed by atoms with Crippen molar-refractivity contribution in [3.05, 3.63) is 23.0 Å². The number of halogens is 5. The molecule has 4 nitrogen and oxygen atoms in total. The zero-order chi connectivity index (χ0) is 16.2. The molecule has 0 aromatic carbocycles. The van der Waals surface area contributed by atoms with E-state index in [1.54, 1.807) is 0 Å². The van der Waals surface area contributed by atoms with Crippen LogP contribution in [0, 0.1) is 0 Å². The number of rotatable bonds is 5. The van der Waals surface area contributed by atoms with Gasteiger partial charge < -0.3 is 9.47 Å². The summed E-state index contributed by atoms with van der Waals surface area (Å²) in [5.74, 6) is -1.90. The molecule has 0 bridgehead atoms. The Morgan fingerprint density at radius 3 is 2.43 bits per heavy atom. The number of nitrogens with zero attached hydrogens (tertiary/aromatic N) is 1. The standard InChI is InChI=1S/C12H12F5NO3/c1-3-21-8(19)4-7-9(11(13)14)10(20-2)6(5-18-7)12(15,16)17/h5,11H,3-4H2,1-2H3. The maximum Gasteiger partial charge on any atom is 0.421 e. The lowest BCUT2D eigenvalue weighted by Gasteiger charge is -2.17. The van der Waals surface area contributed by atoms with Gasteiger partial charge in [0.2, 0.25) is 0 Å². The van der Waals surface area contributed by atoms with Gasteiger partial charge in [-0.05, 0) is 6.92 Å². The minimum atomic E-state index is -4.90. The van der Waals surface area contributed by atoms with Crippen molar-refractivity contribution in [1.82, 2.24) is 4.98 Å². The summed E-state index contributed by atoms with van der Waals surface area (Å²) in [5, 5.41) is 0. The summed E-state index contributed by atoms with van der Waals surface area (Å²) < 4.78 is 73.3. The van der Waals surface area contributed by atoms with Gasteiger partial charge in [0.25, 0.3) is 6.43 Å². The molecule has 0 aliphatic rings. The molecule has 1 rings (SSSR count). The molecule has 0 aliphatic carbocycles. The Balaban J connectivity index is 3.37. The van der Waals surface area contributed by atoms with E-state index in [0.717, 1.165) is 7.11 Å². The van der Waals surface area contributed by atoms with E-state index >= 15 is 0 Å². The van der Waals surface area contributed by atoms with Gasteiger partial charge in [-0.15, -0.1) is 0 Å². The van der Waals surface area contributed by atoms with Gasteiger partial charge in [-0.2, -0.15) is 13.2 Å². The third-order valence-corrected chi connectivity index (χ3v) is 2.49. The van der Waals surface area contributed by atoms with Crippen LogP contribution in [0.5, 0.6) is 5.75 Å². The maximum atomic E-state index is 13.0. The molecule has 0 spiro atoms. The molecule has 9 heteroatoms. The second-order valence-corrected chi connectivity index (χ2v) is 3.85. The van der Waals surface area contributed by atoms with E-state index in [2.05, 4.69) is 14.5 Å². The average Bonchev–Trinajstić information content (AvgIpc) is 2.36. The molecular formula is C12H12F5NO3. The summed E-state index contributed by atoms with van der Waals surface area (Å²) in [7, 11) is 0.838. The Hall–Kier alpha value is -1.93. The predicted octanol–water partition coefficient (Wildman–Crippen LogP) is 3.15. The lowest BCUT2D eigenvalue weighted by atomic mass is 10.1. The zero-order valence-corrected chi connectivity index (χ0v) is 11.1. The van der Waals surface area contributed by atoms with Crippen LogP contribution in [-0.2, 0) is 22.1 Å². The van der Waals surface area contributed by atoms with E-state index in [1.165, 1.54) is 6.92 Å². The number of methoxy groups -OCH3 is 1. The van der Waals surface area contributed by atoms with Crippen LogP contribution in [0.4, 0.5) is 22.0 Å². The minimum Gasteiger partial charge on any atom is -0.495 e. The first-order valence-corrected chi connectivity index (χ1v) is 5.79. The van der Waals surface area contributed by atoms with Crippen LogP contribution in [-0.4, -0.2) is 24.7 Å². The highest BCUT2D eigenvalue weighted by Crippen LogP contribution is 2.42. The molecule has 0 N–H and O–H groups in total. The lowest BCUT2D eigenvalue weighted by Crippen LogP contribution is -2.16. The topological polar surface area (TPSA) is 48.4 Å². The molecule has 0 aliphatic heterocycles. The molecule has 0 fully saturated rings. The molecule has 21 heavy (non-hydrogen) atoms. The fourth-order valence-corrected chi connectivity index (χ4v) is 1.68. The molecule has 0 unspecified atom stereocenters. The van der Waals surface area contributed by atoms with Gasteiger partial charge in [0.15, 0.2) is 0 Å². The number of hydrogen-bond donors (Lipinski definition) is 0. The Labute approximate surface area is 116 Å². The van der Waals surface area contributed by atoms with Gasteiger partial charge in [-0.1, -0.05) is 0 Å². The Morgan fingerprint density at radius 1 is 1.38 bits per heavy atom. The number of ether oxygens (including phenoxy) is 2. The van der Waals surface area contributed by atoms with E-state index < -0.39 is 47.6 Å². The number of hydrogen-bond acceptors (Lipinski definition) is 4. The number of carbonyl (C=O) groups is 1. The van der Waals surface area contributed by atoms with Crippen molar-refractivity contribution in [2.45, 2.75) is 25.9 Å². The van der Waals surface area contributed by atoms with Crippen LogP contribution in [0.1, 0.15) is 30.2 Å². The van der Waals surface area contributed by atoms with Gasteiger partial charge in [-0.25, -0.2) is 8.78 Å². The van der Waals surface area contributed by atoms with Gasteiger partial charge in [-0.3, -0.25) is 9.78 Å². The molecule has 1 aromatic rings. The molecule has 1 aromatic heterocycles. The Morgan fingerprint density at radius 2 is 2.00 bits per heavy atom. The summed E-state index contributed by atoms with van der Waals surface area (Å²) in [6.07, 6.45) is -8.48. The largest absolute Gasteiger partial charge is 0.495 e. The summed E-state index contributed by atoms with van der Waals surface area (Å²) in [5.41, 5.74) is -2.98. The molecule has 0 atom stereocenters. The predicted molar refractivity (Wildman–Crippen MR) is 61.1 cm³/mol. The van der Waals surface area contributed by atoms with E-state index in [4.69, 9.17) is 0 Å². The summed E-state index contributed by atoms with van der Waals surface area (Å²) in [6.45, 7) is 1.52. The first kappa shape index (κ1) is 17.1. The fraction of sp³-hybridized carbons (Fsp3) is 0.500. The number of alkyl halides is 5. The van der Waals surface area contributed by atoms with Gasteiger partial charge in [0, 0.05) is 6.20 Å². The van der Waals surface area contributed by atoms with Crippen LogP contribution in [0.3, 0.4) is 0 Å². The van der Waals surface area contributed by atoms with E-state index in [-0.39, 0.29) is 6.61 Å². The maximum absolute atomic E-state index is 13.0. The average molecular weight is 313 g/mol. The van der Waals surface area contributed by atoms with Crippen LogP contribution < -0.4 is 4.74 Å². The van der Waals surface area contributed by atoms with Gasteiger partial charge >= 0.3 is 12.1 Å². The second-order valence-electron chi connectivity index (χ2n) is 3.85. The van der Waals surface area contributed by atoms with Crippen molar-refractivity contribution in [3.63, 3.8) is 0 Å². The highest BCUT2D eigenvalue weighted by molar-refractivity contribution is 5.73. The third-order valence-electron chi connectivity index (χ3n) is 2.49. The zero-order valence-electron chi connectivity index (χ0n) is 11.1. The molecule has 0 saturated carbocycles. The summed E-state index contributed by atoms with van der Waals surface area (Å²) in [6, 6.07) is 0. The first-order chi connectivity index (χ1) is 9.72. The first-order valence-electron chi connectivity index (χ1n) is 5.79. The number of esters is 1. The highest BCUT2D eigenvalue weighted by atomic mass is 19.4. The molecule has 0 radical (unpaired) electrons. The molecule has 0 saturated heterocycles. The minimum absolute atomic E-state index is 0.0145. The third kappa shape index (κ3) is 4.02. The van der Waals surface area contributed by atoms with Crippen LogP contribution >= 0.6 is 0 Å². The molecule has 118 valence electrons. The molecular weight excluding hydrogens is 301 g/mol. The SMILES string of the molecule is CCOC(=O)Cc1ncc(C(F)(F)F)c(OC)c1C(F)F. The second kappa shape index (κ2) is 6.68. The fourth-order valence-electron chi connectivity index (χ4n) is 1.68. The molecule has 1 heterocycles. The Bertz CT molecular complexity index is 516. The van der Waals surface area contributed by atoms with Crippen LogP contribution in [0.15, 0.2) is 6.20 Å². The number of carbonyl (C=O) groups excluding carboxylic acids is 1. The van der Waals surface area contributed by atoms with Gasteiger partial charge in [0.1, 0.15) is 11.3 Å². The van der Waals surface area contributed by atoms with Crippen molar-refractivity contribution >= 4 is 5.97 Å². The summed E-state index contributed by atoms with van der Waals surface area (Å²) >= 11 is 0. The van der Waals surface area contributed by atoms with Crippen molar-refractivity contribution in [2.24, 2.45) is 0 Å². The van der Waals surface area contributed by atoms with E-state index in [0.29, 0.717) is 6.20 Å². The lowest BCUT2D eigenvalue weighted by molar-refractivity contribution is -0.142. The van der Waals surface area contributed by atoms with Crippen molar-refractivity contribution in [3.8, 4) is 5.75 Å². The summed E-state index contributed by atoms with van der Waals surface area (Å²) in [4.78, 5) is 14.6. The molecule has 0 amide bonds. The van der Waals surface area contributed by atoms with Crippen molar-refractivity contribution in [1.29, 1.82) is 0 Å². The van der Waals surface area contributed by atoms with E-state index in [9.17, 15) is 26.7 Å². The van der Waals surface area contributed by atoms with Crippen molar-refractivity contribution < 1.29 is 36.2 Å². The highest BCUT2D eigenvalue weighted by Gasteiger charge is 2.38. The van der Waals surface area contributed by atoms with Gasteiger partial charge in [0.05, 0.1) is 31.4 Å². The van der Waals surface area contributed by atoms with E-state index in [1.807, 2.05) is 0 Å².